The third kappa shape index (κ3) is 3.08. The highest BCUT2D eigenvalue weighted by Gasteiger charge is 2.09. The molecule has 54 valence electrons. The zero-order valence-electron chi connectivity index (χ0n) is 5.85. The summed E-state index contributed by atoms with van der Waals surface area (Å²) < 4.78 is 0. The minimum Gasteiger partial charge on any atom is -0.383 e. The molecule has 0 saturated heterocycles. The van der Waals surface area contributed by atoms with Crippen LogP contribution in [0.5, 0.6) is 0 Å². The molecule has 0 radical (unpaired) electrons. The van der Waals surface area contributed by atoms with E-state index < -0.39 is 6.10 Å². The lowest BCUT2D eigenvalue weighted by Gasteiger charge is -2.05. The third-order valence-corrected chi connectivity index (χ3v) is 1.11. The molecule has 1 atom stereocenters. The van der Waals surface area contributed by atoms with Crippen molar-refractivity contribution >= 4 is 5.91 Å². The van der Waals surface area contributed by atoms with E-state index in [9.17, 15) is 4.79 Å². The molecule has 0 spiro atoms. The molecule has 1 unspecified atom stereocenters. The number of carbonyl (C=O) groups is 1. The van der Waals surface area contributed by atoms with Crippen LogP contribution in [0.25, 0.3) is 0 Å². The lowest BCUT2D eigenvalue weighted by molar-refractivity contribution is -0.129. The zero-order valence-corrected chi connectivity index (χ0v) is 5.85. The summed E-state index contributed by atoms with van der Waals surface area (Å²) in [4.78, 5) is 10.5. The number of hydrogen-bond acceptors (Lipinski definition) is 2. The fourth-order valence-electron chi connectivity index (χ4n) is 0.571. The first-order valence-corrected chi connectivity index (χ1v) is 3.12. The number of amides is 1. The predicted octanol–water partition coefficient (Wildman–Crippen LogP) is -0.107. The molecule has 0 aliphatic rings. The molecule has 0 aromatic heterocycles. The SMILES string of the molecule is CCCC(O)C(=O)NC. The smallest absolute Gasteiger partial charge is 0.248 e. The average molecular weight is 131 g/mol. The first-order chi connectivity index (χ1) is 4.22. The summed E-state index contributed by atoms with van der Waals surface area (Å²) in [7, 11) is 1.52. The van der Waals surface area contributed by atoms with Crippen LogP contribution in [0.2, 0.25) is 0 Å². The molecule has 0 aliphatic heterocycles. The molecule has 0 saturated carbocycles. The highest BCUT2D eigenvalue weighted by Crippen LogP contribution is 1.94. The van der Waals surface area contributed by atoms with Crippen LogP contribution in [0, 0.1) is 0 Å². The van der Waals surface area contributed by atoms with Crippen LogP contribution in [0.3, 0.4) is 0 Å². The average Bonchev–Trinajstić information content (AvgIpc) is 1.87. The summed E-state index contributed by atoms with van der Waals surface area (Å²) in [5, 5.41) is 11.3. The van der Waals surface area contributed by atoms with E-state index in [1.54, 1.807) is 0 Å². The highest BCUT2D eigenvalue weighted by atomic mass is 16.3. The van der Waals surface area contributed by atoms with Crippen LogP contribution in [-0.2, 0) is 4.79 Å². The summed E-state index contributed by atoms with van der Waals surface area (Å²) in [6.45, 7) is 1.92. The van der Waals surface area contributed by atoms with Crippen molar-refractivity contribution in [3.63, 3.8) is 0 Å². The number of aliphatic hydroxyl groups is 1. The fourth-order valence-corrected chi connectivity index (χ4v) is 0.571. The second kappa shape index (κ2) is 4.32. The van der Waals surface area contributed by atoms with Gasteiger partial charge in [-0.1, -0.05) is 13.3 Å². The number of aliphatic hydroxyl groups excluding tert-OH is 1. The van der Waals surface area contributed by atoms with Gasteiger partial charge in [0.15, 0.2) is 0 Å². The Kier molecular flexibility index (Phi) is 4.05. The molecule has 0 aromatic carbocycles. The van der Waals surface area contributed by atoms with Gasteiger partial charge in [0.25, 0.3) is 0 Å². The van der Waals surface area contributed by atoms with Gasteiger partial charge in [0, 0.05) is 7.05 Å². The van der Waals surface area contributed by atoms with Gasteiger partial charge in [0.2, 0.25) is 5.91 Å². The Morgan fingerprint density at radius 1 is 1.78 bits per heavy atom. The molecule has 0 fully saturated rings. The molecule has 9 heavy (non-hydrogen) atoms. The Balaban J connectivity index is 3.45. The van der Waals surface area contributed by atoms with Crippen LogP contribution >= 0.6 is 0 Å². The summed E-state index contributed by atoms with van der Waals surface area (Å²) in [6.07, 6.45) is 0.550. The van der Waals surface area contributed by atoms with Gasteiger partial charge in [-0.25, -0.2) is 0 Å². The molecule has 1 amide bonds. The van der Waals surface area contributed by atoms with E-state index in [2.05, 4.69) is 5.32 Å². The largest absolute Gasteiger partial charge is 0.383 e. The Bertz CT molecular complexity index is 93.1. The fraction of sp³-hybridized carbons (Fsp3) is 0.833. The first-order valence-electron chi connectivity index (χ1n) is 3.12. The molecule has 0 aliphatic carbocycles. The molecular formula is C6H13NO2. The van der Waals surface area contributed by atoms with Crippen molar-refractivity contribution in [2.75, 3.05) is 7.05 Å². The zero-order chi connectivity index (χ0) is 7.28. The van der Waals surface area contributed by atoms with E-state index in [0.29, 0.717) is 6.42 Å². The van der Waals surface area contributed by atoms with Gasteiger partial charge in [0.1, 0.15) is 6.10 Å². The first kappa shape index (κ1) is 8.43. The molecule has 0 heterocycles. The Morgan fingerprint density at radius 2 is 2.33 bits per heavy atom. The van der Waals surface area contributed by atoms with Crippen molar-refractivity contribution in [3.8, 4) is 0 Å². The van der Waals surface area contributed by atoms with E-state index in [1.807, 2.05) is 6.92 Å². The second-order valence-electron chi connectivity index (χ2n) is 1.92. The Morgan fingerprint density at radius 3 is 2.67 bits per heavy atom. The standard InChI is InChI=1S/C6H13NO2/c1-3-4-5(8)6(9)7-2/h5,8H,3-4H2,1-2H3,(H,7,9). The van der Waals surface area contributed by atoms with Crippen LogP contribution in [0.15, 0.2) is 0 Å². The summed E-state index contributed by atoms with van der Waals surface area (Å²) in [6, 6.07) is 0. The normalized spacial score (nSPS) is 12.8. The van der Waals surface area contributed by atoms with Gasteiger partial charge < -0.3 is 10.4 Å². The van der Waals surface area contributed by atoms with Gasteiger partial charge in [-0.2, -0.15) is 0 Å². The number of carbonyl (C=O) groups excluding carboxylic acids is 1. The molecule has 0 rings (SSSR count). The number of likely N-dealkylation sites (N-methyl/N-ethyl adjacent to an activating group) is 1. The number of hydrogen-bond donors (Lipinski definition) is 2. The van der Waals surface area contributed by atoms with Crippen molar-refractivity contribution in [3.05, 3.63) is 0 Å². The van der Waals surface area contributed by atoms with E-state index >= 15 is 0 Å². The topological polar surface area (TPSA) is 49.3 Å². The lowest BCUT2D eigenvalue weighted by Crippen LogP contribution is -2.31. The van der Waals surface area contributed by atoms with Gasteiger partial charge >= 0.3 is 0 Å². The van der Waals surface area contributed by atoms with Gasteiger partial charge in [0.05, 0.1) is 0 Å². The summed E-state index contributed by atoms with van der Waals surface area (Å²) >= 11 is 0. The summed E-state index contributed by atoms with van der Waals surface area (Å²) in [5.74, 6) is -0.295. The van der Waals surface area contributed by atoms with E-state index in [-0.39, 0.29) is 5.91 Å². The quantitative estimate of drug-likeness (QED) is 0.561. The van der Waals surface area contributed by atoms with Crippen molar-refractivity contribution < 1.29 is 9.90 Å². The van der Waals surface area contributed by atoms with Crippen LogP contribution in [0.4, 0.5) is 0 Å². The maximum atomic E-state index is 10.5. The molecule has 3 nitrogen and oxygen atoms in total. The third-order valence-electron chi connectivity index (χ3n) is 1.11. The Hall–Kier alpha value is -0.570. The summed E-state index contributed by atoms with van der Waals surface area (Å²) in [5.41, 5.74) is 0. The van der Waals surface area contributed by atoms with Crippen molar-refractivity contribution in [1.29, 1.82) is 0 Å². The molecule has 0 aromatic rings. The van der Waals surface area contributed by atoms with Crippen LogP contribution < -0.4 is 5.32 Å². The highest BCUT2D eigenvalue weighted by molar-refractivity contribution is 5.79. The molecule has 2 N–H and O–H groups in total. The molecular weight excluding hydrogens is 118 g/mol. The number of nitrogens with one attached hydrogen (secondary N) is 1. The molecule has 0 bridgehead atoms. The van der Waals surface area contributed by atoms with E-state index in [0.717, 1.165) is 6.42 Å². The van der Waals surface area contributed by atoms with Crippen molar-refractivity contribution in [2.24, 2.45) is 0 Å². The van der Waals surface area contributed by atoms with Crippen LogP contribution in [0.1, 0.15) is 19.8 Å². The van der Waals surface area contributed by atoms with Crippen molar-refractivity contribution in [1.82, 2.24) is 5.32 Å². The molecule has 3 heteroatoms. The Labute approximate surface area is 55.1 Å². The lowest BCUT2D eigenvalue weighted by atomic mass is 10.2. The maximum absolute atomic E-state index is 10.5. The monoisotopic (exact) mass is 131 g/mol. The van der Waals surface area contributed by atoms with Gasteiger partial charge in [-0.15, -0.1) is 0 Å². The number of rotatable bonds is 3. The predicted molar refractivity (Wildman–Crippen MR) is 35.0 cm³/mol. The minimum atomic E-state index is -0.819. The van der Waals surface area contributed by atoms with Gasteiger partial charge in [-0.3, -0.25) is 4.79 Å². The van der Waals surface area contributed by atoms with Gasteiger partial charge in [-0.05, 0) is 6.42 Å². The minimum absolute atomic E-state index is 0.295. The second-order valence-corrected chi connectivity index (χ2v) is 1.92. The van der Waals surface area contributed by atoms with Crippen LogP contribution in [-0.4, -0.2) is 24.2 Å². The van der Waals surface area contributed by atoms with Crippen molar-refractivity contribution in [2.45, 2.75) is 25.9 Å². The maximum Gasteiger partial charge on any atom is 0.248 e. The van der Waals surface area contributed by atoms with E-state index in [1.165, 1.54) is 7.05 Å². The van der Waals surface area contributed by atoms with E-state index in [4.69, 9.17) is 5.11 Å².